The number of benzene rings is 1. The van der Waals surface area contributed by atoms with Crippen LogP contribution in [-0.4, -0.2) is 24.5 Å². The monoisotopic (exact) mass is 218 g/mol. The zero-order valence-electron chi connectivity index (χ0n) is 8.77. The topological polar surface area (TPSA) is 55.6 Å². The van der Waals surface area contributed by atoms with Crippen LogP contribution in [0.5, 0.6) is 5.75 Å². The van der Waals surface area contributed by atoms with Crippen molar-refractivity contribution in [1.29, 1.82) is 0 Å². The van der Waals surface area contributed by atoms with Crippen LogP contribution in [0.3, 0.4) is 0 Å². The molecule has 0 bridgehead atoms. The van der Waals surface area contributed by atoms with Crippen LogP contribution in [0.1, 0.15) is 6.42 Å². The molecule has 0 unspecified atom stereocenters. The number of anilines is 1. The van der Waals surface area contributed by atoms with Crippen LogP contribution in [0.2, 0.25) is 0 Å². The van der Waals surface area contributed by atoms with Gasteiger partial charge in [0.05, 0.1) is 18.7 Å². The number of fused-ring (bicyclic) bond motifs is 2. The van der Waals surface area contributed by atoms with Gasteiger partial charge in [0, 0.05) is 19.2 Å². The second kappa shape index (κ2) is 3.23. The molecule has 2 heterocycles. The summed E-state index contributed by atoms with van der Waals surface area (Å²) in [6.45, 7) is 0.402. The van der Waals surface area contributed by atoms with Crippen LogP contribution in [-0.2, 0) is 4.79 Å². The fourth-order valence-corrected chi connectivity index (χ4v) is 1.80. The molecule has 0 aliphatic carbocycles. The van der Waals surface area contributed by atoms with Crippen molar-refractivity contribution in [2.75, 3.05) is 18.6 Å². The van der Waals surface area contributed by atoms with Gasteiger partial charge in [-0.2, -0.15) is 0 Å². The summed E-state index contributed by atoms with van der Waals surface area (Å²) in [6, 6.07) is 3.57. The molecule has 16 heavy (non-hydrogen) atoms. The Labute approximate surface area is 91.6 Å². The predicted molar refractivity (Wildman–Crippen MR) is 57.5 cm³/mol. The largest absolute Gasteiger partial charge is 0.491 e. The third-order valence-corrected chi connectivity index (χ3v) is 2.72. The third kappa shape index (κ3) is 1.25. The van der Waals surface area contributed by atoms with Gasteiger partial charge in [-0.05, 0) is 0 Å². The number of carbonyl (C=O) groups is 1. The lowest BCUT2D eigenvalue weighted by atomic mass is 10.2. The summed E-state index contributed by atoms with van der Waals surface area (Å²) >= 11 is 0. The van der Waals surface area contributed by atoms with Gasteiger partial charge < -0.3 is 14.1 Å². The maximum Gasteiger partial charge on any atom is 0.230 e. The van der Waals surface area contributed by atoms with Gasteiger partial charge in [0.25, 0.3) is 0 Å². The van der Waals surface area contributed by atoms with Gasteiger partial charge in [0.1, 0.15) is 11.3 Å². The summed E-state index contributed by atoms with van der Waals surface area (Å²) in [6.07, 6.45) is 1.77. The molecule has 0 spiro atoms. The Morgan fingerprint density at radius 3 is 3.19 bits per heavy atom. The van der Waals surface area contributed by atoms with Gasteiger partial charge in [0.15, 0.2) is 12.0 Å². The molecule has 1 aromatic carbocycles. The lowest BCUT2D eigenvalue weighted by Gasteiger charge is -2.15. The van der Waals surface area contributed by atoms with Crippen molar-refractivity contribution >= 4 is 22.7 Å². The Morgan fingerprint density at radius 1 is 1.44 bits per heavy atom. The first-order chi connectivity index (χ1) is 7.75. The number of carbonyl (C=O) groups excluding carboxylic acids is 1. The molecule has 0 atom stereocenters. The molecular weight excluding hydrogens is 208 g/mol. The Bertz CT molecular complexity index is 561. The molecule has 2 aromatic rings. The molecule has 5 heteroatoms. The van der Waals surface area contributed by atoms with E-state index in [1.807, 2.05) is 0 Å². The molecule has 0 radical (unpaired) electrons. The van der Waals surface area contributed by atoms with Crippen molar-refractivity contribution in [1.82, 2.24) is 4.98 Å². The standard InChI is InChI=1S/C11H10N2O3/c1-13-8-5-9-7(12-6-16-9)4-10(8)15-3-2-11(13)14/h4-6H,2-3H2,1H3. The summed E-state index contributed by atoms with van der Waals surface area (Å²) < 4.78 is 10.7. The van der Waals surface area contributed by atoms with Crippen LogP contribution < -0.4 is 9.64 Å². The molecule has 0 saturated heterocycles. The van der Waals surface area contributed by atoms with Gasteiger partial charge in [0.2, 0.25) is 5.91 Å². The maximum absolute atomic E-state index is 11.7. The highest BCUT2D eigenvalue weighted by molar-refractivity contribution is 5.97. The van der Waals surface area contributed by atoms with Crippen LogP contribution in [0.15, 0.2) is 22.9 Å². The number of hydrogen-bond donors (Lipinski definition) is 0. The van der Waals surface area contributed by atoms with Crippen molar-refractivity contribution in [2.45, 2.75) is 6.42 Å². The molecule has 0 saturated carbocycles. The molecule has 0 N–H and O–H groups in total. The zero-order chi connectivity index (χ0) is 11.1. The van der Waals surface area contributed by atoms with E-state index in [4.69, 9.17) is 9.15 Å². The first-order valence-electron chi connectivity index (χ1n) is 5.02. The van der Waals surface area contributed by atoms with Crippen LogP contribution in [0, 0.1) is 0 Å². The molecular formula is C11H10N2O3. The SMILES string of the molecule is CN1C(=O)CCOc2cc3ncoc3cc21. The molecule has 1 aliphatic heterocycles. The van der Waals surface area contributed by atoms with E-state index in [2.05, 4.69) is 4.98 Å². The first kappa shape index (κ1) is 9.21. The third-order valence-electron chi connectivity index (χ3n) is 2.72. The number of rotatable bonds is 0. The molecule has 1 aromatic heterocycles. The zero-order valence-corrected chi connectivity index (χ0v) is 8.77. The molecule has 82 valence electrons. The van der Waals surface area contributed by atoms with Gasteiger partial charge >= 0.3 is 0 Å². The number of amides is 1. The average Bonchev–Trinajstić information content (AvgIpc) is 2.68. The normalized spacial score (nSPS) is 15.8. The highest BCUT2D eigenvalue weighted by Gasteiger charge is 2.21. The van der Waals surface area contributed by atoms with Gasteiger partial charge in [-0.15, -0.1) is 0 Å². The van der Waals surface area contributed by atoms with Crippen LogP contribution in [0.4, 0.5) is 5.69 Å². The molecule has 5 nitrogen and oxygen atoms in total. The number of aromatic nitrogens is 1. The summed E-state index contributed by atoms with van der Waals surface area (Å²) in [4.78, 5) is 17.3. The van der Waals surface area contributed by atoms with Crippen molar-refractivity contribution in [2.24, 2.45) is 0 Å². The number of oxazole rings is 1. The van der Waals surface area contributed by atoms with Crippen molar-refractivity contribution in [3.63, 3.8) is 0 Å². The Balaban J connectivity index is 2.23. The van der Waals surface area contributed by atoms with Crippen LogP contribution in [0.25, 0.3) is 11.1 Å². The first-order valence-corrected chi connectivity index (χ1v) is 5.02. The van der Waals surface area contributed by atoms with Gasteiger partial charge in [-0.3, -0.25) is 4.79 Å². The lowest BCUT2D eigenvalue weighted by Crippen LogP contribution is -2.25. The Kier molecular flexibility index (Phi) is 1.86. The van der Waals surface area contributed by atoms with E-state index < -0.39 is 0 Å². The van der Waals surface area contributed by atoms with E-state index in [-0.39, 0.29) is 5.91 Å². The highest BCUT2D eigenvalue weighted by Crippen LogP contribution is 2.34. The fourth-order valence-electron chi connectivity index (χ4n) is 1.80. The van der Waals surface area contributed by atoms with Crippen molar-refractivity contribution in [3.8, 4) is 5.75 Å². The highest BCUT2D eigenvalue weighted by atomic mass is 16.5. The fraction of sp³-hybridized carbons (Fsp3) is 0.273. The minimum atomic E-state index is 0.0395. The summed E-state index contributed by atoms with van der Waals surface area (Å²) in [7, 11) is 1.73. The van der Waals surface area contributed by atoms with E-state index >= 15 is 0 Å². The number of hydrogen-bond acceptors (Lipinski definition) is 4. The molecule has 0 fully saturated rings. The minimum absolute atomic E-state index is 0.0395. The summed E-state index contributed by atoms with van der Waals surface area (Å²) in [5.41, 5.74) is 2.12. The molecule has 1 aliphatic rings. The van der Waals surface area contributed by atoms with Crippen LogP contribution >= 0.6 is 0 Å². The minimum Gasteiger partial charge on any atom is -0.491 e. The van der Waals surface area contributed by atoms with Crippen molar-refractivity contribution in [3.05, 3.63) is 18.5 Å². The number of nitrogens with zero attached hydrogens (tertiary/aromatic N) is 2. The van der Waals surface area contributed by atoms with Gasteiger partial charge in [-0.1, -0.05) is 0 Å². The Hall–Kier alpha value is -2.04. The van der Waals surface area contributed by atoms with E-state index in [1.165, 1.54) is 6.39 Å². The summed E-state index contributed by atoms with van der Waals surface area (Å²) in [5, 5.41) is 0. The number of ether oxygens (including phenoxy) is 1. The molecule has 1 amide bonds. The average molecular weight is 218 g/mol. The van der Waals surface area contributed by atoms with E-state index in [9.17, 15) is 4.79 Å². The van der Waals surface area contributed by atoms with E-state index in [0.717, 1.165) is 11.2 Å². The molecule has 3 rings (SSSR count). The van der Waals surface area contributed by atoms with E-state index in [1.54, 1.807) is 24.1 Å². The smallest absolute Gasteiger partial charge is 0.230 e. The van der Waals surface area contributed by atoms with Gasteiger partial charge in [-0.25, -0.2) is 4.98 Å². The lowest BCUT2D eigenvalue weighted by molar-refractivity contribution is -0.118. The predicted octanol–water partition coefficient (Wildman–Crippen LogP) is 1.57. The van der Waals surface area contributed by atoms with Crippen molar-refractivity contribution < 1.29 is 13.9 Å². The quantitative estimate of drug-likeness (QED) is 0.673. The maximum atomic E-state index is 11.7. The summed E-state index contributed by atoms with van der Waals surface area (Å²) in [5.74, 6) is 0.715. The Morgan fingerprint density at radius 2 is 2.31 bits per heavy atom. The second-order valence-electron chi connectivity index (χ2n) is 3.69. The second-order valence-corrected chi connectivity index (χ2v) is 3.69. The van der Waals surface area contributed by atoms with E-state index in [0.29, 0.717) is 24.4 Å².